The number of rotatable bonds is 47. The summed E-state index contributed by atoms with van der Waals surface area (Å²) in [7, 11) is 5.93. The van der Waals surface area contributed by atoms with Crippen molar-refractivity contribution in [2.24, 2.45) is 0 Å². The highest BCUT2D eigenvalue weighted by molar-refractivity contribution is 5.71. The first-order chi connectivity index (χ1) is 33.6. The van der Waals surface area contributed by atoms with E-state index in [1.54, 1.807) is 0 Å². The van der Waals surface area contributed by atoms with E-state index < -0.39 is 24.3 Å². The molecule has 2 unspecified atom stereocenters. The molecule has 0 spiro atoms. The molecule has 0 amide bonds. The first kappa shape index (κ1) is 64.7. The van der Waals surface area contributed by atoms with Crippen LogP contribution >= 0.6 is 0 Å². The van der Waals surface area contributed by atoms with E-state index in [9.17, 15) is 19.5 Å². The van der Waals surface area contributed by atoms with Gasteiger partial charge in [-0.3, -0.25) is 9.59 Å². The molecule has 2 atom stereocenters. The standard InChI is InChI=1S/C60H97NO8/c1-6-8-10-12-13-14-15-16-17-18-19-20-21-22-23-24-25-26-27-28-29-30-31-32-33-34-35-36-37-38-39-40-41-42-43-44-45-47-49-51-58(63)69-56(54-67-57(62)50-48-46-11-9-7-2)55-68-60(59(64)65)66-53-52-61(3,4)5/h8,10,13-14,16-17,19-20,22-23,25-26,28-29,31-32,34-35,37-38,56,60H,6-7,9,11-12,15,18,21,24,27,30,33,36,39-55H2,1-5H3/p+1/b10-8-,14-13-,17-16-,20-19-,23-22-,26-25-,29-28-,32-31-,35-34-,38-37-. The second-order valence-electron chi connectivity index (χ2n) is 18.5. The molecule has 69 heavy (non-hydrogen) atoms. The summed E-state index contributed by atoms with van der Waals surface area (Å²) >= 11 is 0. The van der Waals surface area contributed by atoms with Crippen LogP contribution in [0.15, 0.2) is 122 Å². The molecule has 0 saturated heterocycles. The van der Waals surface area contributed by atoms with Crippen molar-refractivity contribution in [3.05, 3.63) is 122 Å². The van der Waals surface area contributed by atoms with E-state index in [2.05, 4.69) is 135 Å². The molecule has 9 nitrogen and oxygen atoms in total. The summed E-state index contributed by atoms with van der Waals surface area (Å²) in [5.74, 6) is -2.05. The highest BCUT2D eigenvalue weighted by Crippen LogP contribution is 2.13. The van der Waals surface area contributed by atoms with Crippen molar-refractivity contribution >= 4 is 17.9 Å². The summed E-state index contributed by atoms with van der Waals surface area (Å²) in [6.07, 6.45) is 67.6. The van der Waals surface area contributed by atoms with Crippen molar-refractivity contribution in [2.75, 3.05) is 47.5 Å². The first-order valence-corrected chi connectivity index (χ1v) is 26.7. The van der Waals surface area contributed by atoms with E-state index in [0.717, 1.165) is 122 Å². The third kappa shape index (κ3) is 51.4. The fourth-order valence-corrected chi connectivity index (χ4v) is 6.63. The number of carboxylic acid groups (broad SMARTS) is 1. The number of unbranched alkanes of at least 4 members (excludes halogenated alkanes) is 12. The van der Waals surface area contributed by atoms with Gasteiger partial charge in [0, 0.05) is 12.8 Å². The van der Waals surface area contributed by atoms with Gasteiger partial charge < -0.3 is 28.5 Å². The fraction of sp³-hybridized carbons (Fsp3) is 0.617. The van der Waals surface area contributed by atoms with Crippen molar-refractivity contribution in [1.29, 1.82) is 0 Å². The number of hydrogen-bond acceptors (Lipinski definition) is 7. The Morgan fingerprint density at radius 2 is 0.826 bits per heavy atom. The molecule has 0 aromatic heterocycles. The van der Waals surface area contributed by atoms with E-state index >= 15 is 0 Å². The largest absolute Gasteiger partial charge is 0.477 e. The maximum Gasteiger partial charge on any atom is 0.361 e. The maximum atomic E-state index is 12.7. The molecule has 0 bridgehead atoms. The van der Waals surface area contributed by atoms with E-state index in [1.807, 2.05) is 21.1 Å². The molecule has 0 aromatic rings. The molecule has 0 saturated carbocycles. The number of ether oxygens (including phenoxy) is 4. The zero-order valence-corrected chi connectivity index (χ0v) is 44.2. The van der Waals surface area contributed by atoms with E-state index in [-0.39, 0.29) is 32.2 Å². The summed E-state index contributed by atoms with van der Waals surface area (Å²) in [6, 6.07) is 0. The zero-order chi connectivity index (χ0) is 50.6. The van der Waals surface area contributed by atoms with Crippen molar-refractivity contribution in [3.63, 3.8) is 0 Å². The first-order valence-electron chi connectivity index (χ1n) is 26.7. The molecular formula is C60H98NO8+. The Morgan fingerprint density at radius 1 is 0.449 bits per heavy atom. The predicted molar refractivity (Wildman–Crippen MR) is 290 cm³/mol. The van der Waals surface area contributed by atoms with Gasteiger partial charge in [0.2, 0.25) is 0 Å². The lowest BCUT2D eigenvalue weighted by Gasteiger charge is -2.25. The highest BCUT2D eigenvalue weighted by atomic mass is 16.7. The molecule has 0 rings (SSSR count). The topological polar surface area (TPSA) is 108 Å². The van der Waals surface area contributed by atoms with Gasteiger partial charge in [0.1, 0.15) is 13.2 Å². The number of hydrogen-bond donors (Lipinski definition) is 1. The average Bonchev–Trinajstić information content (AvgIpc) is 3.31. The summed E-state index contributed by atoms with van der Waals surface area (Å²) in [5, 5.41) is 9.60. The Balaban J connectivity index is 4.05. The van der Waals surface area contributed by atoms with Crippen LogP contribution in [-0.2, 0) is 33.3 Å². The van der Waals surface area contributed by atoms with Gasteiger partial charge in [0.25, 0.3) is 6.29 Å². The molecular weight excluding hydrogens is 863 g/mol. The van der Waals surface area contributed by atoms with Crippen LogP contribution in [0.1, 0.15) is 181 Å². The molecule has 0 fully saturated rings. The van der Waals surface area contributed by atoms with Crippen molar-refractivity contribution in [2.45, 2.75) is 193 Å². The van der Waals surface area contributed by atoms with Gasteiger partial charge in [-0.1, -0.05) is 200 Å². The van der Waals surface area contributed by atoms with Gasteiger partial charge in [0.05, 0.1) is 34.4 Å². The smallest absolute Gasteiger partial charge is 0.361 e. The third-order valence-corrected chi connectivity index (χ3v) is 10.7. The van der Waals surface area contributed by atoms with Gasteiger partial charge in [-0.05, 0) is 89.9 Å². The average molecular weight is 961 g/mol. The summed E-state index contributed by atoms with van der Waals surface area (Å²) < 4.78 is 22.6. The van der Waals surface area contributed by atoms with Crippen LogP contribution in [0.25, 0.3) is 0 Å². The Bertz CT molecular complexity index is 1540. The van der Waals surface area contributed by atoms with Crippen molar-refractivity contribution in [1.82, 2.24) is 0 Å². The minimum Gasteiger partial charge on any atom is -0.477 e. The van der Waals surface area contributed by atoms with E-state index in [1.165, 1.54) is 25.7 Å². The van der Waals surface area contributed by atoms with Gasteiger partial charge in [-0.2, -0.15) is 0 Å². The molecule has 0 aliphatic rings. The fourth-order valence-electron chi connectivity index (χ4n) is 6.63. The van der Waals surface area contributed by atoms with E-state index in [0.29, 0.717) is 23.9 Å². The molecule has 390 valence electrons. The number of carbonyl (C=O) groups excluding carboxylic acids is 2. The minimum absolute atomic E-state index is 0.181. The predicted octanol–water partition coefficient (Wildman–Crippen LogP) is 15.3. The lowest BCUT2D eigenvalue weighted by molar-refractivity contribution is -0.870. The molecule has 1 N–H and O–H groups in total. The monoisotopic (exact) mass is 961 g/mol. The summed E-state index contributed by atoms with van der Waals surface area (Å²) in [6.45, 7) is 4.62. The normalized spacial score (nSPS) is 13.8. The number of carboxylic acids is 1. The molecule has 0 aliphatic heterocycles. The van der Waals surface area contributed by atoms with Crippen LogP contribution in [0.2, 0.25) is 0 Å². The second-order valence-corrected chi connectivity index (χ2v) is 18.5. The maximum absolute atomic E-state index is 12.7. The second kappa shape index (κ2) is 50.1. The molecule has 0 heterocycles. The Hall–Kier alpha value is -4.31. The van der Waals surface area contributed by atoms with Gasteiger partial charge in [-0.25, -0.2) is 4.79 Å². The number of carbonyl (C=O) groups is 3. The van der Waals surface area contributed by atoms with Gasteiger partial charge in [-0.15, -0.1) is 0 Å². The number of allylic oxidation sites excluding steroid dienone is 20. The zero-order valence-electron chi connectivity index (χ0n) is 44.2. The van der Waals surface area contributed by atoms with Crippen LogP contribution in [0.3, 0.4) is 0 Å². The van der Waals surface area contributed by atoms with Crippen molar-refractivity contribution < 1.29 is 42.9 Å². The van der Waals surface area contributed by atoms with E-state index in [4.69, 9.17) is 18.9 Å². The number of quaternary nitrogens is 1. The lowest BCUT2D eigenvalue weighted by Crippen LogP contribution is -2.40. The van der Waals surface area contributed by atoms with Crippen LogP contribution < -0.4 is 0 Å². The minimum atomic E-state index is -1.51. The highest BCUT2D eigenvalue weighted by Gasteiger charge is 2.25. The molecule has 0 aromatic carbocycles. The van der Waals surface area contributed by atoms with Gasteiger partial charge in [0.15, 0.2) is 6.10 Å². The molecule has 0 aliphatic carbocycles. The Morgan fingerprint density at radius 3 is 1.23 bits per heavy atom. The van der Waals surface area contributed by atoms with Crippen LogP contribution in [0.5, 0.6) is 0 Å². The van der Waals surface area contributed by atoms with Crippen molar-refractivity contribution in [3.8, 4) is 0 Å². The quantitative estimate of drug-likeness (QED) is 0.0211. The van der Waals surface area contributed by atoms with Crippen LogP contribution in [0.4, 0.5) is 0 Å². The van der Waals surface area contributed by atoms with Crippen LogP contribution in [-0.4, -0.2) is 87.4 Å². The summed E-state index contributed by atoms with van der Waals surface area (Å²) in [5.41, 5.74) is 0. The Labute approximate surface area is 421 Å². The number of likely N-dealkylation sites (N-methyl/N-ethyl adjacent to an activating group) is 1. The summed E-state index contributed by atoms with van der Waals surface area (Å²) in [4.78, 5) is 36.8. The van der Waals surface area contributed by atoms with Gasteiger partial charge >= 0.3 is 17.9 Å². The lowest BCUT2D eigenvalue weighted by atomic mass is 10.1. The van der Waals surface area contributed by atoms with Crippen LogP contribution in [0, 0.1) is 0 Å². The number of aliphatic carboxylic acids is 1. The SMILES string of the molecule is CC/C=C\C/C=C\C/C=C\C/C=C\C/C=C\C/C=C\C/C=C\C/C=C\C/C=C\C/C=C\CCCCCCCCCCC(=O)OC(COC(=O)CCCCCCC)COC(OCC[N+](C)(C)C)C(=O)O. The number of nitrogens with zero attached hydrogens (tertiary/aromatic N) is 1. The Kier molecular flexibility index (Phi) is 47.0. The molecule has 0 radical (unpaired) electrons. The third-order valence-electron chi connectivity index (χ3n) is 10.7. The number of esters is 2. The molecule has 9 heteroatoms.